The SMILES string of the molecule is C#Cc1cccc(C2(NCC[C@H](NC(=O)n3cc(C)cn3)C(c3cc(F)cc(F)c3)S(=O)(=O)CCCC)CC2)c1. The van der Waals surface area contributed by atoms with Crippen LogP contribution < -0.4 is 10.6 Å². The molecule has 0 spiro atoms. The molecule has 3 aromatic rings. The second-order valence-electron chi connectivity index (χ2n) is 10.4. The van der Waals surface area contributed by atoms with Gasteiger partial charge in [-0.3, -0.25) is 0 Å². The van der Waals surface area contributed by atoms with E-state index in [0.717, 1.165) is 46.3 Å². The maximum atomic E-state index is 14.3. The molecule has 1 fully saturated rings. The van der Waals surface area contributed by atoms with Gasteiger partial charge in [-0.05, 0) is 80.1 Å². The molecule has 212 valence electrons. The van der Waals surface area contributed by atoms with Crippen LogP contribution in [-0.4, -0.2) is 42.6 Å². The van der Waals surface area contributed by atoms with E-state index in [0.29, 0.717) is 25.5 Å². The standard InChI is InChI=1S/C30H34F2N4O3S/c1-4-6-14-40(38,39)28(23-16-25(31)18-26(32)17-23)27(35-29(37)36-20-21(3)19-34-36)10-13-33-30(11-12-30)24-9-7-8-22(5-2)15-24/h2,7-9,15-20,27-28,33H,4,6,10-14H2,1,3H3,(H,35,37)/t27-,28?/m0/s1. The second-order valence-corrected chi connectivity index (χ2v) is 12.6. The number of aromatic nitrogens is 2. The normalized spacial score (nSPS) is 15.7. The van der Waals surface area contributed by atoms with Crippen LogP contribution in [-0.2, 0) is 15.4 Å². The van der Waals surface area contributed by atoms with Crippen LogP contribution in [0, 0.1) is 30.9 Å². The van der Waals surface area contributed by atoms with E-state index in [-0.39, 0.29) is 23.3 Å². The van der Waals surface area contributed by atoms with E-state index in [1.54, 1.807) is 6.92 Å². The Hall–Kier alpha value is -3.55. The molecule has 0 radical (unpaired) electrons. The third-order valence-corrected chi connectivity index (χ3v) is 9.46. The number of nitrogens with one attached hydrogen (secondary N) is 2. The van der Waals surface area contributed by atoms with Crippen molar-refractivity contribution in [3.05, 3.63) is 88.7 Å². The smallest absolute Gasteiger partial charge is 0.332 e. The average Bonchev–Trinajstić information content (AvgIpc) is 3.57. The highest BCUT2D eigenvalue weighted by Crippen LogP contribution is 2.45. The number of carbonyl (C=O) groups is 1. The molecule has 2 atom stereocenters. The molecule has 0 saturated heterocycles. The van der Waals surface area contributed by atoms with Crippen molar-refractivity contribution in [2.75, 3.05) is 12.3 Å². The molecule has 1 aliphatic carbocycles. The van der Waals surface area contributed by atoms with Crippen LogP contribution in [0.15, 0.2) is 54.9 Å². The lowest BCUT2D eigenvalue weighted by Crippen LogP contribution is -2.46. The van der Waals surface area contributed by atoms with Crippen molar-refractivity contribution < 1.29 is 22.0 Å². The molecule has 7 nitrogen and oxygen atoms in total. The summed E-state index contributed by atoms with van der Waals surface area (Å²) in [6, 6.07) is 8.81. The van der Waals surface area contributed by atoms with Gasteiger partial charge in [0.1, 0.15) is 16.9 Å². The summed E-state index contributed by atoms with van der Waals surface area (Å²) in [6.07, 6.45) is 11.5. The van der Waals surface area contributed by atoms with Gasteiger partial charge in [0.15, 0.2) is 9.84 Å². The molecule has 1 aliphatic rings. The molecular weight excluding hydrogens is 534 g/mol. The van der Waals surface area contributed by atoms with E-state index in [1.807, 2.05) is 31.2 Å². The summed E-state index contributed by atoms with van der Waals surface area (Å²) in [4.78, 5) is 13.2. The van der Waals surface area contributed by atoms with Gasteiger partial charge in [0.25, 0.3) is 0 Å². The molecule has 40 heavy (non-hydrogen) atoms. The van der Waals surface area contributed by atoms with E-state index in [9.17, 15) is 22.0 Å². The molecule has 4 rings (SSSR count). The van der Waals surface area contributed by atoms with Gasteiger partial charge in [0, 0.05) is 23.4 Å². The highest BCUT2D eigenvalue weighted by molar-refractivity contribution is 7.91. The molecule has 0 bridgehead atoms. The van der Waals surface area contributed by atoms with Gasteiger partial charge in [-0.1, -0.05) is 31.4 Å². The number of nitrogens with zero attached hydrogens (tertiary/aromatic N) is 2. The van der Waals surface area contributed by atoms with Gasteiger partial charge in [0.2, 0.25) is 0 Å². The number of hydrogen-bond donors (Lipinski definition) is 2. The molecule has 2 N–H and O–H groups in total. The van der Waals surface area contributed by atoms with Gasteiger partial charge < -0.3 is 10.6 Å². The van der Waals surface area contributed by atoms with Gasteiger partial charge in [-0.2, -0.15) is 9.78 Å². The Bertz CT molecular complexity index is 1490. The quantitative estimate of drug-likeness (QED) is 0.300. The fourth-order valence-corrected chi connectivity index (χ4v) is 7.22. The number of benzene rings is 2. The Morgan fingerprint density at radius 2 is 1.93 bits per heavy atom. The molecule has 1 saturated carbocycles. The van der Waals surface area contributed by atoms with Crippen molar-refractivity contribution in [3.8, 4) is 12.3 Å². The molecule has 2 aromatic carbocycles. The minimum atomic E-state index is -3.93. The topological polar surface area (TPSA) is 93.1 Å². The third kappa shape index (κ3) is 6.95. The minimum absolute atomic E-state index is 0.0431. The van der Waals surface area contributed by atoms with Crippen LogP contribution >= 0.6 is 0 Å². The van der Waals surface area contributed by atoms with Crippen molar-refractivity contribution in [2.45, 2.75) is 62.8 Å². The zero-order valence-electron chi connectivity index (χ0n) is 22.7. The van der Waals surface area contributed by atoms with E-state index in [1.165, 1.54) is 12.4 Å². The van der Waals surface area contributed by atoms with Gasteiger partial charge >= 0.3 is 6.03 Å². The summed E-state index contributed by atoms with van der Waals surface area (Å²) in [5, 5.41) is 8.99. The van der Waals surface area contributed by atoms with Crippen LogP contribution in [0.2, 0.25) is 0 Å². The molecule has 10 heteroatoms. The first kappa shape index (κ1) is 29.4. The summed E-state index contributed by atoms with van der Waals surface area (Å²) < 4.78 is 57.1. The van der Waals surface area contributed by atoms with Crippen molar-refractivity contribution in [1.29, 1.82) is 0 Å². The molecule has 1 amide bonds. The molecule has 1 aromatic heterocycles. The number of aryl methyl sites for hydroxylation is 1. The van der Waals surface area contributed by atoms with E-state index >= 15 is 0 Å². The van der Waals surface area contributed by atoms with Crippen LogP contribution in [0.4, 0.5) is 13.6 Å². The summed E-state index contributed by atoms with van der Waals surface area (Å²) >= 11 is 0. The maximum Gasteiger partial charge on any atom is 0.342 e. The van der Waals surface area contributed by atoms with Crippen LogP contribution in [0.3, 0.4) is 0 Å². The Morgan fingerprint density at radius 1 is 1.20 bits per heavy atom. The molecule has 1 unspecified atom stereocenters. The number of amides is 1. The van der Waals surface area contributed by atoms with Gasteiger partial charge in [-0.15, -0.1) is 6.42 Å². The average molecular weight is 569 g/mol. The zero-order chi connectivity index (χ0) is 28.9. The lowest BCUT2D eigenvalue weighted by molar-refractivity contribution is 0.234. The first-order chi connectivity index (χ1) is 19.1. The molecule has 0 aliphatic heterocycles. The number of sulfone groups is 1. The summed E-state index contributed by atoms with van der Waals surface area (Å²) in [6.45, 7) is 3.97. The van der Waals surface area contributed by atoms with Crippen molar-refractivity contribution >= 4 is 15.9 Å². The van der Waals surface area contributed by atoms with Gasteiger partial charge in [-0.25, -0.2) is 22.0 Å². The largest absolute Gasteiger partial charge is 0.342 e. The summed E-state index contributed by atoms with van der Waals surface area (Å²) in [5.41, 5.74) is 2.20. The first-order valence-corrected chi connectivity index (χ1v) is 15.1. The monoisotopic (exact) mass is 568 g/mol. The maximum absolute atomic E-state index is 14.3. The Balaban J connectivity index is 1.66. The van der Waals surface area contributed by atoms with Crippen molar-refractivity contribution in [3.63, 3.8) is 0 Å². The predicted octanol–water partition coefficient (Wildman–Crippen LogP) is 5.00. The Labute approximate surface area is 234 Å². The summed E-state index contributed by atoms with van der Waals surface area (Å²) in [5.74, 6) is 0.686. The Morgan fingerprint density at radius 3 is 2.52 bits per heavy atom. The first-order valence-electron chi connectivity index (χ1n) is 13.4. The second kappa shape index (κ2) is 12.3. The lowest BCUT2D eigenvalue weighted by Gasteiger charge is -2.29. The highest BCUT2D eigenvalue weighted by atomic mass is 32.2. The van der Waals surface area contributed by atoms with Crippen LogP contribution in [0.25, 0.3) is 0 Å². The van der Waals surface area contributed by atoms with E-state index in [4.69, 9.17) is 6.42 Å². The lowest BCUT2D eigenvalue weighted by atomic mass is 10.00. The number of carbonyl (C=O) groups excluding carboxylic acids is 1. The third-order valence-electron chi connectivity index (χ3n) is 7.23. The fourth-order valence-electron chi connectivity index (χ4n) is 5.02. The number of rotatable bonds is 12. The number of unbranched alkanes of at least 4 members (excludes halogenated alkanes) is 1. The van der Waals surface area contributed by atoms with Crippen LogP contribution in [0.5, 0.6) is 0 Å². The van der Waals surface area contributed by atoms with Crippen molar-refractivity contribution in [2.24, 2.45) is 0 Å². The fraction of sp³-hybridized carbons (Fsp3) is 0.400. The number of hydrogen-bond acceptors (Lipinski definition) is 5. The van der Waals surface area contributed by atoms with E-state index in [2.05, 4.69) is 21.7 Å². The zero-order valence-corrected chi connectivity index (χ0v) is 23.5. The van der Waals surface area contributed by atoms with Crippen LogP contribution in [0.1, 0.15) is 66.5 Å². The van der Waals surface area contributed by atoms with Crippen molar-refractivity contribution in [1.82, 2.24) is 20.4 Å². The molecular formula is C30H34F2N4O3S. The van der Waals surface area contributed by atoms with E-state index < -0.39 is 38.8 Å². The number of halogens is 2. The predicted molar refractivity (Wildman–Crippen MR) is 150 cm³/mol. The molecule has 1 heterocycles. The Kier molecular flexibility index (Phi) is 9.06. The summed E-state index contributed by atoms with van der Waals surface area (Å²) in [7, 11) is -3.93. The minimum Gasteiger partial charge on any atom is -0.332 e. The highest BCUT2D eigenvalue weighted by Gasteiger charge is 2.44. The number of terminal acetylenes is 1. The van der Waals surface area contributed by atoms with Gasteiger partial charge in [0.05, 0.1) is 18.0 Å².